The smallest absolute Gasteiger partial charge is 0.323 e. The zero-order valence-corrected chi connectivity index (χ0v) is 20.9. The molecule has 0 spiro atoms. The van der Waals surface area contributed by atoms with E-state index in [0.29, 0.717) is 39.7 Å². The Hall–Kier alpha value is -5.19. The lowest BCUT2D eigenvalue weighted by atomic mass is 10.1. The van der Waals surface area contributed by atoms with E-state index in [1.165, 1.54) is 19.6 Å². The van der Waals surface area contributed by atoms with Gasteiger partial charge in [0.1, 0.15) is 28.4 Å². The summed E-state index contributed by atoms with van der Waals surface area (Å²) in [5.74, 6) is 0.700. The van der Waals surface area contributed by atoms with Crippen LogP contribution in [0.3, 0.4) is 0 Å². The van der Waals surface area contributed by atoms with Gasteiger partial charge in [-0.2, -0.15) is 5.10 Å². The molecule has 0 atom stereocenters. The Morgan fingerprint density at radius 3 is 2.55 bits per heavy atom. The van der Waals surface area contributed by atoms with Gasteiger partial charge < -0.3 is 25.1 Å². The predicted octanol–water partition coefficient (Wildman–Crippen LogP) is 5.46. The number of rotatable bonds is 7. The van der Waals surface area contributed by atoms with Gasteiger partial charge in [-0.05, 0) is 62.4 Å². The van der Waals surface area contributed by atoms with E-state index in [1.807, 2.05) is 32.0 Å². The van der Waals surface area contributed by atoms with Crippen molar-refractivity contribution in [2.45, 2.75) is 19.9 Å². The number of urea groups is 1. The van der Waals surface area contributed by atoms with Gasteiger partial charge in [-0.1, -0.05) is 0 Å². The molecule has 3 N–H and O–H groups in total. The quantitative estimate of drug-likeness (QED) is 0.264. The molecule has 0 unspecified atom stereocenters. The zero-order valence-electron chi connectivity index (χ0n) is 20.9. The number of hydrogen-bond donors (Lipinski definition) is 3. The number of benzene rings is 2. The number of ether oxygens (including phenoxy) is 1. The minimum atomic E-state index is -0.421. The van der Waals surface area contributed by atoms with Crippen molar-refractivity contribution in [3.8, 4) is 22.8 Å². The van der Waals surface area contributed by atoms with Crippen LogP contribution in [0.1, 0.15) is 30.4 Å². The predicted molar refractivity (Wildman–Crippen MR) is 142 cm³/mol. The summed E-state index contributed by atoms with van der Waals surface area (Å²) in [6.07, 6.45) is 4.69. The number of hydrogen-bond acceptors (Lipinski definition) is 7. The average Bonchev–Trinajstić information content (AvgIpc) is 3.56. The Bertz CT molecular complexity index is 1610. The monoisotopic (exact) mass is 511 g/mol. The first-order chi connectivity index (χ1) is 18.4. The summed E-state index contributed by atoms with van der Waals surface area (Å²) < 4.78 is 12.9. The van der Waals surface area contributed by atoms with E-state index in [0.717, 1.165) is 5.56 Å². The van der Waals surface area contributed by atoms with Crippen molar-refractivity contribution < 1.29 is 18.7 Å². The molecular formula is C27H25N7O4. The maximum atomic E-state index is 12.9. The summed E-state index contributed by atoms with van der Waals surface area (Å²) in [4.78, 5) is 32.9. The first-order valence-corrected chi connectivity index (χ1v) is 11.9. The number of pyridine rings is 1. The highest BCUT2D eigenvalue weighted by molar-refractivity contribution is 6.02. The van der Waals surface area contributed by atoms with Gasteiger partial charge in [0.05, 0.1) is 5.69 Å². The van der Waals surface area contributed by atoms with Crippen LogP contribution in [0.25, 0.3) is 22.4 Å². The fourth-order valence-electron chi connectivity index (χ4n) is 3.72. The van der Waals surface area contributed by atoms with Crippen LogP contribution in [0.5, 0.6) is 11.5 Å². The number of amides is 3. The molecule has 5 rings (SSSR count). The molecule has 11 nitrogen and oxygen atoms in total. The van der Waals surface area contributed by atoms with E-state index in [2.05, 4.69) is 31.0 Å². The molecule has 0 saturated carbocycles. The van der Waals surface area contributed by atoms with Gasteiger partial charge in [0.25, 0.3) is 5.91 Å². The van der Waals surface area contributed by atoms with E-state index < -0.39 is 6.03 Å². The maximum absolute atomic E-state index is 12.9. The lowest BCUT2D eigenvalue weighted by Crippen LogP contribution is -2.19. The van der Waals surface area contributed by atoms with Crippen LogP contribution in [-0.2, 0) is 0 Å². The van der Waals surface area contributed by atoms with Gasteiger partial charge in [-0.3, -0.25) is 14.5 Å². The highest BCUT2D eigenvalue weighted by Gasteiger charge is 2.16. The summed E-state index contributed by atoms with van der Waals surface area (Å²) in [6, 6.07) is 15.3. The van der Waals surface area contributed by atoms with E-state index in [1.54, 1.807) is 47.3 Å². The molecule has 0 aliphatic carbocycles. The molecule has 0 aliphatic rings. The minimum absolute atomic E-state index is 0.100. The number of fused-ring (bicyclic) bond motifs is 1. The molecule has 0 radical (unpaired) electrons. The molecule has 5 aromatic rings. The summed E-state index contributed by atoms with van der Waals surface area (Å²) in [6.45, 7) is 4.02. The standard InChI is InChI=1S/C27H25N7O4/c1-16(2)34-14-23(25(33-34)17-4-9-24-21(12-17)30-15-37-24)32-27(36)31-18-5-7-19(8-6-18)38-20-10-11-29-22(13-20)26(35)28-3/h4-16H,1-3H3,(H,28,35)(H2,31,32,36). The van der Waals surface area contributed by atoms with Gasteiger partial charge in [0, 0.05) is 42.8 Å². The lowest BCUT2D eigenvalue weighted by Gasteiger charge is -2.10. The topological polar surface area (TPSA) is 136 Å². The second kappa shape index (κ2) is 10.4. The third kappa shape index (κ3) is 5.31. The highest BCUT2D eigenvalue weighted by atomic mass is 16.5. The fraction of sp³-hybridized carbons (Fsp3) is 0.148. The number of carbonyl (C=O) groups is 2. The largest absolute Gasteiger partial charge is 0.457 e. The molecule has 3 aromatic heterocycles. The molecule has 3 heterocycles. The molecular weight excluding hydrogens is 486 g/mol. The Morgan fingerprint density at radius 1 is 0.974 bits per heavy atom. The Balaban J connectivity index is 1.28. The molecule has 38 heavy (non-hydrogen) atoms. The van der Waals surface area contributed by atoms with Gasteiger partial charge in [-0.25, -0.2) is 9.78 Å². The molecule has 0 bridgehead atoms. The van der Waals surface area contributed by atoms with Crippen molar-refractivity contribution in [2.75, 3.05) is 17.7 Å². The van der Waals surface area contributed by atoms with Crippen molar-refractivity contribution in [1.82, 2.24) is 25.1 Å². The number of anilines is 2. The fourth-order valence-corrected chi connectivity index (χ4v) is 3.72. The van der Waals surface area contributed by atoms with E-state index in [4.69, 9.17) is 9.15 Å². The third-order valence-corrected chi connectivity index (χ3v) is 5.65. The highest BCUT2D eigenvalue weighted by Crippen LogP contribution is 2.30. The van der Waals surface area contributed by atoms with Gasteiger partial charge in [0.15, 0.2) is 12.0 Å². The van der Waals surface area contributed by atoms with E-state index in [9.17, 15) is 9.59 Å². The Labute approximate surface area is 217 Å². The van der Waals surface area contributed by atoms with Gasteiger partial charge in [-0.15, -0.1) is 0 Å². The van der Waals surface area contributed by atoms with Gasteiger partial charge >= 0.3 is 6.03 Å². The number of nitrogens with one attached hydrogen (secondary N) is 3. The molecule has 2 aromatic carbocycles. The van der Waals surface area contributed by atoms with Crippen LogP contribution in [0.15, 0.2) is 77.8 Å². The van der Waals surface area contributed by atoms with Crippen LogP contribution in [0, 0.1) is 0 Å². The second-order valence-corrected chi connectivity index (χ2v) is 8.66. The van der Waals surface area contributed by atoms with Crippen molar-refractivity contribution in [2.24, 2.45) is 0 Å². The molecule has 0 saturated heterocycles. The SMILES string of the molecule is CNC(=O)c1cc(Oc2ccc(NC(=O)Nc3cn(C(C)C)nc3-c3ccc4ocnc4c3)cc2)ccn1. The van der Waals surface area contributed by atoms with Crippen LogP contribution in [-0.4, -0.2) is 38.7 Å². The Kier molecular flexibility index (Phi) is 6.72. The van der Waals surface area contributed by atoms with E-state index in [-0.39, 0.29) is 17.6 Å². The zero-order chi connectivity index (χ0) is 26.6. The van der Waals surface area contributed by atoms with Crippen LogP contribution < -0.4 is 20.7 Å². The number of carbonyl (C=O) groups excluding carboxylic acids is 2. The summed E-state index contributed by atoms with van der Waals surface area (Å²) in [5.41, 5.74) is 4.18. The summed E-state index contributed by atoms with van der Waals surface area (Å²) in [7, 11) is 1.54. The molecule has 3 amide bonds. The van der Waals surface area contributed by atoms with Crippen LogP contribution in [0.2, 0.25) is 0 Å². The van der Waals surface area contributed by atoms with Crippen LogP contribution >= 0.6 is 0 Å². The molecule has 11 heteroatoms. The first kappa shape index (κ1) is 24.5. The van der Waals surface area contributed by atoms with Crippen molar-refractivity contribution >= 4 is 34.4 Å². The van der Waals surface area contributed by atoms with Crippen molar-refractivity contribution in [3.63, 3.8) is 0 Å². The molecule has 0 aliphatic heterocycles. The first-order valence-electron chi connectivity index (χ1n) is 11.9. The molecule has 192 valence electrons. The molecule has 0 fully saturated rings. The second-order valence-electron chi connectivity index (χ2n) is 8.66. The van der Waals surface area contributed by atoms with E-state index >= 15 is 0 Å². The maximum Gasteiger partial charge on any atom is 0.323 e. The third-order valence-electron chi connectivity index (χ3n) is 5.65. The van der Waals surface area contributed by atoms with Crippen molar-refractivity contribution in [1.29, 1.82) is 0 Å². The summed E-state index contributed by atoms with van der Waals surface area (Å²) >= 11 is 0. The summed E-state index contributed by atoms with van der Waals surface area (Å²) in [5, 5.41) is 12.9. The average molecular weight is 512 g/mol. The minimum Gasteiger partial charge on any atom is -0.457 e. The normalized spacial score (nSPS) is 10.9. The van der Waals surface area contributed by atoms with Crippen LogP contribution in [0.4, 0.5) is 16.2 Å². The Morgan fingerprint density at radius 2 is 1.79 bits per heavy atom. The lowest BCUT2D eigenvalue weighted by molar-refractivity contribution is 0.0957. The number of aromatic nitrogens is 4. The number of nitrogens with zero attached hydrogens (tertiary/aromatic N) is 4. The van der Waals surface area contributed by atoms with Gasteiger partial charge in [0.2, 0.25) is 0 Å². The number of oxazole rings is 1. The van der Waals surface area contributed by atoms with Crippen molar-refractivity contribution in [3.05, 3.63) is 79.1 Å².